The number of benzene rings is 1. The highest BCUT2D eigenvalue weighted by Crippen LogP contribution is 2.24. The molecule has 0 aliphatic carbocycles. The van der Waals surface area contributed by atoms with Crippen LogP contribution in [0.5, 0.6) is 11.5 Å². The van der Waals surface area contributed by atoms with E-state index in [1.165, 1.54) is 7.11 Å². The predicted octanol–water partition coefficient (Wildman–Crippen LogP) is 2.43. The molecule has 7 nitrogen and oxygen atoms in total. The van der Waals surface area contributed by atoms with Crippen LogP contribution in [0.25, 0.3) is 11.3 Å². The van der Waals surface area contributed by atoms with E-state index in [-0.39, 0.29) is 5.91 Å². The molecule has 1 N–H and O–H groups in total. The Kier molecular flexibility index (Phi) is 5.17. The van der Waals surface area contributed by atoms with E-state index >= 15 is 0 Å². The molecule has 1 amide bonds. The fraction of sp³-hybridized carbons (Fsp3) is 0.211. The number of aryl methyl sites for hydroxylation is 1. The van der Waals surface area contributed by atoms with Gasteiger partial charge in [0, 0.05) is 43.8 Å². The van der Waals surface area contributed by atoms with Gasteiger partial charge in [0.2, 0.25) is 0 Å². The van der Waals surface area contributed by atoms with Gasteiger partial charge >= 0.3 is 0 Å². The number of nitrogens with zero attached hydrogens (tertiary/aromatic N) is 3. The molecule has 0 bridgehead atoms. The normalized spacial score (nSPS) is 10.4. The number of amides is 1. The Labute approximate surface area is 151 Å². The molecule has 0 spiro atoms. The summed E-state index contributed by atoms with van der Waals surface area (Å²) < 4.78 is 12.2. The van der Waals surface area contributed by atoms with Gasteiger partial charge in [-0.1, -0.05) is 0 Å². The van der Waals surface area contributed by atoms with Crippen LogP contribution in [-0.2, 0) is 13.6 Å². The quantitative estimate of drug-likeness (QED) is 0.737. The van der Waals surface area contributed by atoms with Gasteiger partial charge in [0.1, 0.15) is 11.5 Å². The van der Waals surface area contributed by atoms with E-state index in [0.29, 0.717) is 23.6 Å². The second-order valence-corrected chi connectivity index (χ2v) is 5.67. The average Bonchev–Trinajstić information content (AvgIpc) is 3.11. The van der Waals surface area contributed by atoms with Crippen LogP contribution >= 0.6 is 0 Å². The van der Waals surface area contributed by atoms with Gasteiger partial charge in [-0.25, -0.2) is 0 Å². The van der Waals surface area contributed by atoms with Gasteiger partial charge in [-0.2, -0.15) is 5.10 Å². The molecule has 0 aliphatic rings. The number of hydrogen-bond donors (Lipinski definition) is 1. The Balaban J connectivity index is 1.73. The minimum Gasteiger partial charge on any atom is -0.497 e. The topological polar surface area (TPSA) is 78.3 Å². The number of pyridine rings is 1. The summed E-state index contributed by atoms with van der Waals surface area (Å²) in [5.41, 5.74) is 3.25. The molecule has 3 rings (SSSR count). The molecule has 0 fully saturated rings. The van der Waals surface area contributed by atoms with Gasteiger partial charge in [-0.05, 0) is 29.8 Å². The third-order valence-corrected chi connectivity index (χ3v) is 4.02. The van der Waals surface area contributed by atoms with E-state index in [4.69, 9.17) is 9.47 Å². The van der Waals surface area contributed by atoms with Crippen LogP contribution in [0.1, 0.15) is 15.9 Å². The summed E-state index contributed by atoms with van der Waals surface area (Å²) in [6.07, 6.45) is 5.24. The first kappa shape index (κ1) is 17.5. The predicted molar refractivity (Wildman–Crippen MR) is 97.2 cm³/mol. The van der Waals surface area contributed by atoms with Crippen molar-refractivity contribution in [1.82, 2.24) is 20.1 Å². The largest absolute Gasteiger partial charge is 0.497 e. The zero-order chi connectivity index (χ0) is 18.5. The van der Waals surface area contributed by atoms with E-state index in [1.54, 1.807) is 48.6 Å². The third-order valence-electron chi connectivity index (χ3n) is 4.02. The number of carbonyl (C=O) groups excluding carboxylic acids is 1. The lowest BCUT2D eigenvalue weighted by atomic mass is 10.1. The molecule has 2 aromatic heterocycles. The maximum absolute atomic E-state index is 12.5. The second kappa shape index (κ2) is 7.69. The number of methoxy groups -OCH3 is 2. The molecule has 26 heavy (non-hydrogen) atoms. The number of nitrogens with one attached hydrogen (secondary N) is 1. The minimum atomic E-state index is -0.226. The van der Waals surface area contributed by atoms with Crippen molar-refractivity contribution in [2.45, 2.75) is 6.54 Å². The fourth-order valence-electron chi connectivity index (χ4n) is 2.65. The Morgan fingerprint density at radius 2 is 2.00 bits per heavy atom. The van der Waals surface area contributed by atoms with Crippen LogP contribution in [0.3, 0.4) is 0 Å². The van der Waals surface area contributed by atoms with Gasteiger partial charge in [0.15, 0.2) is 0 Å². The summed E-state index contributed by atoms with van der Waals surface area (Å²) in [5, 5.41) is 7.06. The number of carbonyl (C=O) groups is 1. The van der Waals surface area contributed by atoms with Gasteiger partial charge in [-0.3, -0.25) is 14.5 Å². The van der Waals surface area contributed by atoms with Gasteiger partial charge in [0.25, 0.3) is 5.91 Å². The van der Waals surface area contributed by atoms with Crippen molar-refractivity contribution in [2.24, 2.45) is 7.05 Å². The first-order valence-corrected chi connectivity index (χ1v) is 8.05. The van der Waals surface area contributed by atoms with Crippen LogP contribution < -0.4 is 14.8 Å². The molecular formula is C19H20N4O3. The number of aromatic nitrogens is 3. The van der Waals surface area contributed by atoms with Gasteiger partial charge in [-0.15, -0.1) is 0 Å². The average molecular weight is 352 g/mol. The summed E-state index contributed by atoms with van der Waals surface area (Å²) in [6, 6.07) is 8.98. The molecule has 134 valence electrons. The van der Waals surface area contributed by atoms with Crippen LogP contribution in [0, 0.1) is 0 Å². The maximum Gasteiger partial charge on any atom is 0.255 e. The standard InChI is InChI=1S/C19H20N4O3/c1-23-17(6-7-22-23)14-8-13(10-20-12-14)11-21-19(24)16-5-4-15(25-2)9-18(16)26-3/h4-10,12H,11H2,1-3H3,(H,21,24). The lowest BCUT2D eigenvalue weighted by molar-refractivity contribution is 0.0948. The van der Waals surface area contributed by atoms with Crippen LogP contribution in [0.4, 0.5) is 0 Å². The summed E-state index contributed by atoms with van der Waals surface area (Å²) in [5.74, 6) is 0.866. The highest BCUT2D eigenvalue weighted by atomic mass is 16.5. The summed E-state index contributed by atoms with van der Waals surface area (Å²) in [7, 11) is 4.96. The Morgan fingerprint density at radius 1 is 1.15 bits per heavy atom. The molecule has 1 aromatic carbocycles. The highest BCUT2D eigenvalue weighted by Gasteiger charge is 2.13. The molecule has 0 radical (unpaired) electrons. The van der Waals surface area contributed by atoms with E-state index in [0.717, 1.165) is 16.8 Å². The SMILES string of the molecule is COc1ccc(C(=O)NCc2cncc(-c3ccnn3C)c2)c(OC)c1. The molecule has 2 heterocycles. The molecule has 0 atom stereocenters. The summed E-state index contributed by atoms with van der Waals surface area (Å²) >= 11 is 0. The zero-order valence-corrected chi connectivity index (χ0v) is 14.9. The van der Waals surface area contributed by atoms with Crippen molar-refractivity contribution in [2.75, 3.05) is 14.2 Å². The summed E-state index contributed by atoms with van der Waals surface area (Å²) in [4.78, 5) is 16.8. The Hall–Kier alpha value is -3.35. The van der Waals surface area contributed by atoms with E-state index < -0.39 is 0 Å². The Bertz CT molecular complexity index is 921. The van der Waals surface area contributed by atoms with Gasteiger partial charge < -0.3 is 14.8 Å². The second-order valence-electron chi connectivity index (χ2n) is 5.67. The van der Waals surface area contributed by atoms with E-state index in [2.05, 4.69) is 15.4 Å². The lowest BCUT2D eigenvalue weighted by Gasteiger charge is -2.11. The third kappa shape index (κ3) is 3.66. The molecular weight excluding hydrogens is 332 g/mol. The molecule has 0 saturated heterocycles. The molecule has 3 aromatic rings. The zero-order valence-electron chi connectivity index (χ0n) is 14.9. The first-order chi connectivity index (χ1) is 12.6. The van der Waals surface area contributed by atoms with Crippen molar-refractivity contribution < 1.29 is 14.3 Å². The molecule has 0 aliphatic heterocycles. The van der Waals surface area contributed by atoms with Crippen LogP contribution in [0.2, 0.25) is 0 Å². The minimum absolute atomic E-state index is 0.226. The van der Waals surface area contributed by atoms with Crippen LogP contribution in [0.15, 0.2) is 48.9 Å². The maximum atomic E-state index is 12.5. The van der Waals surface area contributed by atoms with Crippen molar-refractivity contribution in [3.05, 3.63) is 60.0 Å². The molecule has 7 heteroatoms. The smallest absolute Gasteiger partial charge is 0.255 e. The number of hydrogen-bond acceptors (Lipinski definition) is 5. The van der Waals surface area contributed by atoms with E-state index in [9.17, 15) is 4.79 Å². The number of ether oxygens (including phenoxy) is 2. The monoisotopic (exact) mass is 352 g/mol. The highest BCUT2D eigenvalue weighted by molar-refractivity contribution is 5.97. The number of rotatable bonds is 6. The van der Waals surface area contributed by atoms with Crippen molar-refractivity contribution >= 4 is 5.91 Å². The fourth-order valence-corrected chi connectivity index (χ4v) is 2.65. The van der Waals surface area contributed by atoms with Crippen molar-refractivity contribution in [3.63, 3.8) is 0 Å². The molecule has 0 unspecified atom stereocenters. The van der Waals surface area contributed by atoms with Crippen molar-refractivity contribution in [1.29, 1.82) is 0 Å². The molecule has 0 saturated carbocycles. The summed E-state index contributed by atoms with van der Waals surface area (Å²) in [6.45, 7) is 0.354. The van der Waals surface area contributed by atoms with Gasteiger partial charge in [0.05, 0.1) is 25.5 Å². The lowest BCUT2D eigenvalue weighted by Crippen LogP contribution is -2.23. The first-order valence-electron chi connectivity index (χ1n) is 8.05. The van der Waals surface area contributed by atoms with Crippen molar-refractivity contribution in [3.8, 4) is 22.8 Å². The van der Waals surface area contributed by atoms with Crippen LogP contribution in [-0.4, -0.2) is 34.9 Å². The van der Waals surface area contributed by atoms with E-state index in [1.807, 2.05) is 19.2 Å². The Morgan fingerprint density at radius 3 is 2.69 bits per heavy atom.